The molecule has 0 aliphatic carbocycles. The van der Waals surface area contributed by atoms with Gasteiger partial charge in [0.2, 0.25) is 0 Å². The second-order valence-electron chi connectivity index (χ2n) is 15.4. The molecule has 2 N–H and O–H groups in total. The molecule has 3 aliphatic rings. The summed E-state index contributed by atoms with van der Waals surface area (Å²) < 4.78 is 5.61. The summed E-state index contributed by atoms with van der Waals surface area (Å²) in [6, 6.07) is 24.4. The number of hydrogen-bond acceptors (Lipinski definition) is 7. The third-order valence-electron chi connectivity index (χ3n) is 11.1. The molecule has 0 unspecified atom stereocenters. The maximum absolute atomic E-state index is 14.3. The molecule has 3 heterocycles. The Balaban J connectivity index is 1.25. The molecule has 3 aromatic carbocycles. The highest BCUT2D eigenvalue weighted by atomic mass is 16.5. The van der Waals surface area contributed by atoms with Crippen molar-refractivity contribution >= 4 is 23.6 Å². The Kier molecular flexibility index (Phi) is 12.9. The molecular weight excluding hydrogens is 683 g/mol. The minimum atomic E-state index is -0.550. The lowest BCUT2D eigenvalue weighted by molar-refractivity contribution is -0.161. The van der Waals surface area contributed by atoms with E-state index in [0.29, 0.717) is 64.5 Å². The second kappa shape index (κ2) is 18.0. The molecule has 4 atom stereocenters. The highest BCUT2D eigenvalue weighted by Gasteiger charge is 2.44. The molecule has 3 aliphatic heterocycles. The van der Waals surface area contributed by atoms with E-state index in [1.165, 1.54) is 0 Å². The highest BCUT2D eigenvalue weighted by Crippen LogP contribution is 2.27. The number of piperazine rings is 2. The van der Waals surface area contributed by atoms with Crippen molar-refractivity contribution in [1.29, 1.82) is 0 Å². The fourth-order valence-electron chi connectivity index (χ4n) is 8.35. The van der Waals surface area contributed by atoms with Gasteiger partial charge in [-0.05, 0) is 98.9 Å². The van der Waals surface area contributed by atoms with Gasteiger partial charge in [-0.1, -0.05) is 68.4 Å². The van der Waals surface area contributed by atoms with E-state index in [2.05, 4.69) is 36.2 Å². The molecule has 0 bridgehead atoms. The number of hydrogen-bond donors (Lipinski definition) is 2. The predicted octanol–water partition coefficient (Wildman–Crippen LogP) is 4.06. The lowest BCUT2D eigenvalue weighted by atomic mass is 9.96. The molecule has 288 valence electrons. The van der Waals surface area contributed by atoms with Gasteiger partial charge in [-0.15, -0.1) is 0 Å². The Morgan fingerprint density at radius 1 is 0.815 bits per heavy atom. The first kappa shape index (κ1) is 38.8. The number of aromatic hydroxyl groups is 1. The van der Waals surface area contributed by atoms with Crippen LogP contribution in [0.3, 0.4) is 0 Å². The zero-order valence-corrected chi connectivity index (χ0v) is 31.9. The van der Waals surface area contributed by atoms with Crippen LogP contribution in [0.5, 0.6) is 11.5 Å². The normalized spacial score (nSPS) is 21.6. The first-order valence-electron chi connectivity index (χ1n) is 19.6. The van der Waals surface area contributed by atoms with E-state index < -0.39 is 23.6 Å². The number of nitrogens with one attached hydrogen (secondary N) is 1. The summed E-state index contributed by atoms with van der Waals surface area (Å²) in [6.45, 7) is 9.79. The standard InChI is InChI=1S/C43H55N5O6/c1-4-54-39-18-14-31(15-19-39)20-22-46-37(25-33-12-16-38(49)17-13-33)29-48(43(53)42(46)52)36(24-32-9-6-5-7-10-32)27-45-21-8-11-34(45)28-47-35(23-30(2)3)26-44-40(50)41(47)51/h5-7,9-10,12-19,30,34-37,49H,4,8,11,20-29H2,1-3H3,(H,44,50)/t34-,35-,36-,37-/m0/s1. The van der Waals surface area contributed by atoms with Gasteiger partial charge < -0.3 is 29.9 Å². The molecular formula is C43H55N5O6. The Labute approximate surface area is 319 Å². The van der Waals surface area contributed by atoms with Gasteiger partial charge in [0, 0.05) is 50.8 Å². The van der Waals surface area contributed by atoms with Crippen LogP contribution in [-0.4, -0.2) is 118 Å². The third-order valence-corrected chi connectivity index (χ3v) is 11.1. The number of phenols is 1. The number of phenolic OH excluding ortho intramolecular Hbond substituents is 1. The maximum Gasteiger partial charge on any atom is 0.312 e. The van der Waals surface area contributed by atoms with Gasteiger partial charge in [0.1, 0.15) is 11.5 Å². The molecule has 3 fully saturated rings. The van der Waals surface area contributed by atoms with Crippen LogP contribution in [0, 0.1) is 5.92 Å². The van der Waals surface area contributed by atoms with Crippen LogP contribution in [-0.2, 0) is 38.4 Å². The second-order valence-corrected chi connectivity index (χ2v) is 15.4. The van der Waals surface area contributed by atoms with E-state index in [1.807, 2.05) is 61.5 Å². The zero-order valence-electron chi connectivity index (χ0n) is 31.9. The molecule has 11 nitrogen and oxygen atoms in total. The zero-order chi connectivity index (χ0) is 38.2. The Hall–Kier alpha value is -4.90. The molecule has 3 saturated heterocycles. The van der Waals surface area contributed by atoms with Gasteiger partial charge in [0.15, 0.2) is 0 Å². The third kappa shape index (κ3) is 9.60. The van der Waals surface area contributed by atoms with Gasteiger partial charge in [-0.25, -0.2) is 0 Å². The topological polar surface area (TPSA) is 123 Å². The number of rotatable bonds is 16. The maximum atomic E-state index is 14.3. The summed E-state index contributed by atoms with van der Waals surface area (Å²) in [5, 5.41) is 12.8. The van der Waals surface area contributed by atoms with Crippen molar-refractivity contribution in [3.63, 3.8) is 0 Å². The van der Waals surface area contributed by atoms with Gasteiger partial charge in [0.25, 0.3) is 0 Å². The predicted molar refractivity (Wildman–Crippen MR) is 207 cm³/mol. The van der Waals surface area contributed by atoms with Crippen molar-refractivity contribution < 1.29 is 29.0 Å². The average Bonchev–Trinajstić information content (AvgIpc) is 3.60. The lowest BCUT2D eigenvalue weighted by Gasteiger charge is -2.45. The van der Waals surface area contributed by atoms with Crippen molar-refractivity contribution in [2.45, 2.75) is 83.5 Å². The smallest absolute Gasteiger partial charge is 0.312 e. The fraction of sp³-hybridized carbons (Fsp3) is 0.488. The number of carbonyl (C=O) groups excluding carboxylic acids is 4. The minimum absolute atomic E-state index is 0.0294. The molecule has 4 amide bonds. The molecule has 6 rings (SSSR count). The van der Waals surface area contributed by atoms with Crippen LogP contribution >= 0.6 is 0 Å². The SMILES string of the molecule is CCOc1ccc(CCN2C(=O)C(=O)N([C@@H](Cc3ccccc3)CN3CCC[C@H]3CN3C(=O)C(=O)NC[C@@H]3CC(C)C)C[C@@H]2Cc2ccc(O)cc2)cc1. The molecule has 0 aromatic heterocycles. The first-order valence-corrected chi connectivity index (χ1v) is 19.6. The van der Waals surface area contributed by atoms with E-state index in [4.69, 9.17) is 4.74 Å². The summed E-state index contributed by atoms with van der Waals surface area (Å²) in [6.07, 6.45) is 4.32. The van der Waals surface area contributed by atoms with Crippen LogP contribution in [0.25, 0.3) is 0 Å². The number of likely N-dealkylation sites (tertiary alicyclic amines) is 1. The van der Waals surface area contributed by atoms with Gasteiger partial charge >= 0.3 is 23.6 Å². The Morgan fingerprint density at radius 3 is 2.24 bits per heavy atom. The summed E-state index contributed by atoms with van der Waals surface area (Å²) in [4.78, 5) is 61.9. The molecule has 54 heavy (non-hydrogen) atoms. The minimum Gasteiger partial charge on any atom is -0.508 e. The summed E-state index contributed by atoms with van der Waals surface area (Å²) in [7, 11) is 0. The van der Waals surface area contributed by atoms with Crippen molar-refractivity contribution in [3.05, 3.63) is 95.6 Å². The van der Waals surface area contributed by atoms with Crippen molar-refractivity contribution in [2.75, 3.05) is 45.9 Å². The highest BCUT2D eigenvalue weighted by molar-refractivity contribution is 6.36. The fourth-order valence-corrected chi connectivity index (χ4v) is 8.35. The van der Waals surface area contributed by atoms with Crippen LogP contribution < -0.4 is 10.1 Å². The molecule has 3 aromatic rings. The van der Waals surface area contributed by atoms with E-state index >= 15 is 0 Å². The van der Waals surface area contributed by atoms with Gasteiger partial charge in [-0.2, -0.15) is 0 Å². The monoisotopic (exact) mass is 737 g/mol. The number of nitrogens with zero attached hydrogens (tertiary/aromatic N) is 4. The van der Waals surface area contributed by atoms with E-state index in [0.717, 1.165) is 48.2 Å². The number of ether oxygens (including phenoxy) is 1. The van der Waals surface area contributed by atoms with E-state index in [1.54, 1.807) is 26.8 Å². The van der Waals surface area contributed by atoms with Crippen LogP contribution in [0.1, 0.15) is 56.7 Å². The van der Waals surface area contributed by atoms with E-state index in [9.17, 15) is 24.3 Å². The number of amides is 4. The van der Waals surface area contributed by atoms with Crippen molar-refractivity contribution in [1.82, 2.24) is 24.9 Å². The quantitative estimate of drug-likeness (QED) is 0.213. The van der Waals surface area contributed by atoms with Crippen LogP contribution in [0.15, 0.2) is 78.9 Å². The Bertz CT molecular complexity index is 1730. The number of benzene rings is 3. The first-order chi connectivity index (χ1) is 26.1. The van der Waals surface area contributed by atoms with Crippen molar-refractivity contribution in [2.24, 2.45) is 5.92 Å². The van der Waals surface area contributed by atoms with Crippen LogP contribution in [0.4, 0.5) is 0 Å². The number of carbonyl (C=O) groups is 4. The summed E-state index contributed by atoms with van der Waals surface area (Å²) in [5.74, 6) is -0.696. The lowest BCUT2D eigenvalue weighted by Crippen LogP contribution is -2.65. The molecule has 11 heteroatoms. The average molecular weight is 738 g/mol. The summed E-state index contributed by atoms with van der Waals surface area (Å²) in [5.41, 5.74) is 3.09. The molecule has 0 saturated carbocycles. The summed E-state index contributed by atoms with van der Waals surface area (Å²) >= 11 is 0. The Morgan fingerprint density at radius 2 is 1.54 bits per heavy atom. The van der Waals surface area contributed by atoms with Crippen LogP contribution in [0.2, 0.25) is 0 Å². The van der Waals surface area contributed by atoms with Crippen molar-refractivity contribution in [3.8, 4) is 11.5 Å². The molecule has 0 spiro atoms. The van der Waals surface area contributed by atoms with Gasteiger partial charge in [-0.3, -0.25) is 24.1 Å². The largest absolute Gasteiger partial charge is 0.508 e. The molecule has 0 radical (unpaired) electrons. The van der Waals surface area contributed by atoms with E-state index in [-0.39, 0.29) is 29.9 Å². The van der Waals surface area contributed by atoms with Gasteiger partial charge in [0.05, 0.1) is 12.6 Å².